The van der Waals surface area contributed by atoms with Gasteiger partial charge in [-0.1, -0.05) is 11.6 Å². The van der Waals surface area contributed by atoms with Gasteiger partial charge in [0.15, 0.2) is 0 Å². The molecule has 22 heavy (non-hydrogen) atoms. The van der Waals surface area contributed by atoms with Gasteiger partial charge in [-0.25, -0.2) is 14.3 Å². The highest BCUT2D eigenvalue weighted by Gasteiger charge is 2.33. The third kappa shape index (κ3) is 3.19. The zero-order valence-electron chi connectivity index (χ0n) is 10.6. The number of nitrogens with zero attached hydrogens (tertiary/aromatic N) is 2. The van der Waals surface area contributed by atoms with Crippen LogP contribution in [0.5, 0.6) is 5.75 Å². The predicted octanol–water partition coefficient (Wildman–Crippen LogP) is 2.70. The number of carbonyl (C=O) groups excluding carboxylic acids is 2. The van der Waals surface area contributed by atoms with E-state index >= 15 is 0 Å². The minimum Gasteiger partial charge on any atom is -0.410 e. The van der Waals surface area contributed by atoms with Crippen molar-refractivity contribution in [3.63, 3.8) is 0 Å². The van der Waals surface area contributed by atoms with Crippen molar-refractivity contribution < 1.29 is 27.5 Å². The van der Waals surface area contributed by atoms with E-state index in [0.29, 0.717) is 10.6 Å². The molecule has 0 atom stereocenters. The maximum atomic E-state index is 12.7. The van der Waals surface area contributed by atoms with Gasteiger partial charge in [-0.2, -0.15) is 13.2 Å². The first-order chi connectivity index (χ1) is 10.2. The van der Waals surface area contributed by atoms with Crippen LogP contribution in [-0.2, 0) is 6.18 Å². The lowest BCUT2D eigenvalue weighted by Crippen LogP contribution is -2.25. The van der Waals surface area contributed by atoms with Crippen molar-refractivity contribution in [1.29, 1.82) is 0 Å². The highest BCUT2D eigenvalue weighted by atomic mass is 35.5. The van der Waals surface area contributed by atoms with E-state index in [1.54, 1.807) is 0 Å². The third-order valence-corrected chi connectivity index (χ3v) is 2.84. The fraction of sp³-hybridized carbons (Fsp3) is 0.0833. The summed E-state index contributed by atoms with van der Waals surface area (Å²) in [5.41, 5.74) is 3.84. The average molecular weight is 334 g/mol. The van der Waals surface area contributed by atoms with Crippen molar-refractivity contribution in [2.45, 2.75) is 6.18 Å². The van der Waals surface area contributed by atoms with Gasteiger partial charge in [0.1, 0.15) is 5.75 Å². The number of nitrogens with two attached hydrogens (primary N) is 1. The molecule has 0 saturated heterocycles. The molecule has 2 rings (SSSR count). The number of alkyl halides is 3. The van der Waals surface area contributed by atoms with Crippen LogP contribution in [0.3, 0.4) is 0 Å². The molecule has 1 aromatic carbocycles. The number of rotatable bonds is 2. The molecular formula is C12H7ClF3N3O3. The Morgan fingerprint density at radius 1 is 1.32 bits per heavy atom. The number of benzene rings is 1. The fourth-order valence-electron chi connectivity index (χ4n) is 1.57. The molecule has 0 aliphatic carbocycles. The van der Waals surface area contributed by atoms with Gasteiger partial charge in [-0.05, 0) is 18.2 Å². The van der Waals surface area contributed by atoms with Crippen LogP contribution in [-0.4, -0.2) is 21.6 Å². The molecule has 0 aliphatic rings. The van der Waals surface area contributed by atoms with E-state index in [1.807, 2.05) is 0 Å². The van der Waals surface area contributed by atoms with E-state index in [-0.39, 0.29) is 0 Å². The van der Waals surface area contributed by atoms with Gasteiger partial charge in [0.05, 0.1) is 10.6 Å². The Hall–Kier alpha value is -2.55. The van der Waals surface area contributed by atoms with Crippen LogP contribution in [0, 0.1) is 0 Å². The first-order valence-corrected chi connectivity index (χ1v) is 6.00. The fourth-order valence-corrected chi connectivity index (χ4v) is 1.79. The van der Waals surface area contributed by atoms with Crippen molar-refractivity contribution in [2.24, 2.45) is 5.73 Å². The topological polar surface area (TPSA) is 87.2 Å². The number of hydrogen-bond acceptors (Lipinski definition) is 4. The largest absolute Gasteiger partial charge is 0.425 e. The monoisotopic (exact) mass is 333 g/mol. The molecule has 0 radical (unpaired) electrons. The summed E-state index contributed by atoms with van der Waals surface area (Å²) in [4.78, 5) is 26.4. The second kappa shape index (κ2) is 5.68. The van der Waals surface area contributed by atoms with E-state index in [2.05, 4.69) is 4.98 Å². The Morgan fingerprint density at radius 3 is 2.59 bits per heavy atom. The van der Waals surface area contributed by atoms with Crippen LogP contribution in [0.2, 0.25) is 5.02 Å². The number of imidazole rings is 1. The molecule has 1 heterocycles. The average Bonchev–Trinajstić information content (AvgIpc) is 2.89. The molecule has 0 unspecified atom stereocenters. The van der Waals surface area contributed by atoms with Crippen molar-refractivity contribution in [3.05, 3.63) is 47.0 Å². The van der Waals surface area contributed by atoms with Crippen molar-refractivity contribution >= 4 is 23.6 Å². The molecular weight excluding hydrogens is 327 g/mol. The minimum absolute atomic E-state index is 0.397. The Labute approximate surface area is 126 Å². The van der Waals surface area contributed by atoms with Gasteiger partial charge in [-0.15, -0.1) is 0 Å². The lowest BCUT2D eigenvalue weighted by Gasteiger charge is -2.11. The lowest BCUT2D eigenvalue weighted by atomic mass is 10.2. The molecule has 2 aromatic rings. The molecule has 0 fully saturated rings. The summed E-state index contributed by atoms with van der Waals surface area (Å²) in [5, 5.41) is -0.534. The number of hydrogen-bond donors (Lipinski definition) is 1. The van der Waals surface area contributed by atoms with Gasteiger partial charge in [0, 0.05) is 12.4 Å². The molecule has 10 heteroatoms. The van der Waals surface area contributed by atoms with Crippen molar-refractivity contribution in [3.8, 4) is 5.75 Å². The van der Waals surface area contributed by atoms with Crippen LogP contribution < -0.4 is 10.5 Å². The van der Waals surface area contributed by atoms with Crippen molar-refractivity contribution in [2.75, 3.05) is 0 Å². The summed E-state index contributed by atoms with van der Waals surface area (Å²) in [6.45, 7) is 0. The maximum absolute atomic E-state index is 12.7. The maximum Gasteiger partial charge on any atom is 0.425 e. The quantitative estimate of drug-likeness (QED) is 0.915. The summed E-state index contributed by atoms with van der Waals surface area (Å²) in [6.07, 6.45) is -3.64. The Balaban J connectivity index is 2.29. The molecule has 0 saturated carbocycles. The molecule has 6 nitrogen and oxygen atoms in total. The zero-order valence-corrected chi connectivity index (χ0v) is 11.4. The standard InChI is InChI=1S/C12H7ClF3N3O3/c13-8-2-1-6(5-7(8)12(14,15)16)22-11(21)19-4-3-18-10(19)9(17)20/h1-5H,(H2,17,20). The Kier molecular flexibility index (Phi) is 4.09. The SMILES string of the molecule is NC(=O)c1nccn1C(=O)Oc1ccc(Cl)c(C(F)(F)F)c1. The number of primary amides is 1. The first kappa shape index (κ1) is 15.8. The van der Waals surface area contributed by atoms with Crippen LogP contribution in [0.4, 0.5) is 18.0 Å². The van der Waals surface area contributed by atoms with Crippen molar-refractivity contribution in [1.82, 2.24) is 9.55 Å². The summed E-state index contributed by atoms with van der Waals surface area (Å²) >= 11 is 5.45. The number of halogens is 4. The third-order valence-electron chi connectivity index (χ3n) is 2.51. The number of amides is 1. The van der Waals surface area contributed by atoms with E-state index in [0.717, 1.165) is 24.5 Å². The Bertz CT molecular complexity index is 743. The van der Waals surface area contributed by atoms with Crippen LogP contribution in [0.15, 0.2) is 30.6 Å². The van der Waals surface area contributed by atoms with Crippen LogP contribution in [0.1, 0.15) is 16.2 Å². The van der Waals surface area contributed by atoms with E-state index in [1.165, 1.54) is 0 Å². The van der Waals surface area contributed by atoms with Gasteiger partial charge < -0.3 is 10.5 Å². The zero-order chi connectivity index (χ0) is 16.5. The van der Waals surface area contributed by atoms with Gasteiger partial charge in [-0.3, -0.25) is 4.79 Å². The number of aromatic nitrogens is 2. The molecule has 1 aromatic heterocycles. The lowest BCUT2D eigenvalue weighted by molar-refractivity contribution is -0.137. The summed E-state index contributed by atoms with van der Waals surface area (Å²) < 4.78 is 43.6. The molecule has 0 bridgehead atoms. The second-order valence-corrected chi connectivity index (χ2v) is 4.40. The number of carbonyl (C=O) groups is 2. The highest BCUT2D eigenvalue weighted by molar-refractivity contribution is 6.31. The minimum atomic E-state index is -4.70. The van der Waals surface area contributed by atoms with Gasteiger partial charge in [0.25, 0.3) is 5.91 Å². The highest BCUT2D eigenvalue weighted by Crippen LogP contribution is 2.36. The second-order valence-electron chi connectivity index (χ2n) is 3.99. The van der Waals surface area contributed by atoms with Gasteiger partial charge in [0.2, 0.25) is 5.82 Å². The van der Waals surface area contributed by atoms with Crippen LogP contribution in [0.25, 0.3) is 0 Å². The summed E-state index contributed by atoms with van der Waals surface area (Å²) in [6, 6.07) is 2.59. The van der Waals surface area contributed by atoms with Crippen LogP contribution >= 0.6 is 11.6 Å². The molecule has 1 amide bonds. The first-order valence-electron chi connectivity index (χ1n) is 5.62. The van der Waals surface area contributed by atoms with Gasteiger partial charge >= 0.3 is 12.3 Å². The summed E-state index contributed by atoms with van der Waals surface area (Å²) in [7, 11) is 0. The molecule has 0 spiro atoms. The molecule has 2 N–H and O–H groups in total. The normalized spacial score (nSPS) is 11.3. The number of ether oxygens (including phenoxy) is 1. The van der Waals surface area contributed by atoms with E-state index < -0.39 is 40.3 Å². The van der Waals surface area contributed by atoms with E-state index in [9.17, 15) is 22.8 Å². The Morgan fingerprint density at radius 2 is 2.00 bits per heavy atom. The molecule has 0 aliphatic heterocycles. The summed E-state index contributed by atoms with van der Waals surface area (Å²) in [5.74, 6) is -1.80. The molecule has 116 valence electrons. The van der Waals surface area contributed by atoms with E-state index in [4.69, 9.17) is 22.1 Å². The predicted molar refractivity (Wildman–Crippen MR) is 68.6 cm³/mol. The smallest absolute Gasteiger partial charge is 0.410 e.